The van der Waals surface area contributed by atoms with Crippen LogP contribution in [-0.4, -0.2) is 54.6 Å². The van der Waals surface area contributed by atoms with Gasteiger partial charge in [0.15, 0.2) is 0 Å². The number of rotatable bonds is 13. The standard InChI is InChI=1S/C23H36N4O4S/c1-15(2)13-18(27-23(31)20(32)11-8-12-25-16(3)28)22(30)26-19(21(29)24-4)14-17-9-6-5-7-10-17/h5-7,9-10,15,18-20,32H,8,11-14H2,1-4H3,(H,24,29)(H,25,28)(H,26,30)(H,27,31)/t18?,19-,20?/m0/s1. The van der Waals surface area contributed by atoms with E-state index in [1.54, 1.807) is 0 Å². The summed E-state index contributed by atoms with van der Waals surface area (Å²) < 4.78 is 0. The number of nitrogens with one attached hydrogen (secondary N) is 4. The Morgan fingerprint density at radius 3 is 2.12 bits per heavy atom. The molecule has 1 rings (SSSR count). The highest BCUT2D eigenvalue weighted by Gasteiger charge is 2.28. The fourth-order valence-electron chi connectivity index (χ4n) is 3.17. The van der Waals surface area contributed by atoms with Gasteiger partial charge in [0, 0.05) is 26.9 Å². The molecule has 3 atom stereocenters. The van der Waals surface area contributed by atoms with Crippen LogP contribution in [0.3, 0.4) is 0 Å². The molecule has 0 saturated heterocycles. The van der Waals surface area contributed by atoms with Gasteiger partial charge in [-0.3, -0.25) is 19.2 Å². The normalized spacial score (nSPS) is 13.6. The molecule has 32 heavy (non-hydrogen) atoms. The van der Waals surface area contributed by atoms with Gasteiger partial charge in [0.2, 0.25) is 23.6 Å². The molecule has 0 bridgehead atoms. The van der Waals surface area contributed by atoms with Crippen molar-refractivity contribution in [1.82, 2.24) is 21.3 Å². The number of hydrogen-bond donors (Lipinski definition) is 5. The third-order valence-electron chi connectivity index (χ3n) is 4.83. The van der Waals surface area contributed by atoms with E-state index in [-0.39, 0.29) is 23.6 Å². The van der Waals surface area contributed by atoms with Crippen LogP contribution < -0.4 is 21.3 Å². The topological polar surface area (TPSA) is 116 Å². The second kappa shape index (κ2) is 14.5. The van der Waals surface area contributed by atoms with Gasteiger partial charge in [-0.2, -0.15) is 12.6 Å². The maximum atomic E-state index is 13.0. The van der Waals surface area contributed by atoms with Gasteiger partial charge in [-0.15, -0.1) is 0 Å². The molecule has 0 aromatic heterocycles. The molecular formula is C23H36N4O4S. The highest BCUT2D eigenvalue weighted by Crippen LogP contribution is 2.10. The van der Waals surface area contributed by atoms with Crippen molar-refractivity contribution >= 4 is 36.3 Å². The van der Waals surface area contributed by atoms with Crippen molar-refractivity contribution in [1.29, 1.82) is 0 Å². The molecule has 0 fully saturated rings. The number of amides is 4. The summed E-state index contributed by atoms with van der Waals surface area (Å²) in [5.74, 6) is -1.04. The monoisotopic (exact) mass is 464 g/mol. The van der Waals surface area contributed by atoms with Crippen LogP contribution in [0.15, 0.2) is 30.3 Å². The Balaban J connectivity index is 2.78. The summed E-state index contributed by atoms with van der Waals surface area (Å²) in [6.45, 7) is 5.81. The highest BCUT2D eigenvalue weighted by molar-refractivity contribution is 7.81. The van der Waals surface area contributed by atoms with E-state index in [0.29, 0.717) is 32.2 Å². The molecule has 4 N–H and O–H groups in total. The Morgan fingerprint density at radius 2 is 1.56 bits per heavy atom. The van der Waals surface area contributed by atoms with Crippen molar-refractivity contribution in [2.45, 2.75) is 63.8 Å². The van der Waals surface area contributed by atoms with E-state index in [2.05, 4.69) is 33.9 Å². The minimum atomic E-state index is -0.782. The Morgan fingerprint density at radius 1 is 0.938 bits per heavy atom. The average Bonchev–Trinajstić information content (AvgIpc) is 2.75. The van der Waals surface area contributed by atoms with Crippen LogP contribution in [0.1, 0.15) is 45.6 Å². The number of carbonyl (C=O) groups excluding carboxylic acids is 4. The van der Waals surface area contributed by atoms with Gasteiger partial charge in [0.1, 0.15) is 12.1 Å². The lowest BCUT2D eigenvalue weighted by Gasteiger charge is -2.25. The van der Waals surface area contributed by atoms with Gasteiger partial charge in [-0.1, -0.05) is 44.2 Å². The summed E-state index contributed by atoms with van der Waals surface area (Å²) in [7, 11) is 1.52. The number of thiol groups is 1. The largest absolute Gasteiger partial charge is 0.357 e. The van der Waals surface area contributed by atoms with Gasteiger partial charge in [-0.25, -0.2) is 0 Å². The Bertz CT molecular complexity index is 758. The van der Waals surface area contributed by atoms with Gasteiger partial charge in [-0.05, 0) is 30.7 Å². The minimum Gasteiger partial charge on any atom is -0.357 e. The van der Waals surface area contributed by atoms with Crippen LogP contribution in [0.5, 0.6) is 0 Å². The summed E-state index contributed by atoms with van der Waals surface area (Å²) in [4.78, 5) is 48.9. The fraction of sp³-hybridized carbons (Fsp3) is 0.565. The smallest absolute Gasteiger partial charge is 0.243 e. The SMILES string of the molecule is CNC(=O)[C@H](Cc1ccccc1)NC(=O)C(CC(C)C)NC(=O)C(S)CCCNC(C)=O. The second-order valence-corrected chi connectivity index (χ2v) is 8.82. The molecule has 9 heteroatoms. The van der Waals surface area contributed by atoms with E-state index in [1.165, 1.54) is 14.0 Å². The second-order valence-electron chi connectivity index (χ2n) is 8.20. The highest BCUT2D eigenvalue weighted by atomic mass is 32.1. The molecule has 0 heterocycles. The molecule has 178 valence electrons. The molecule has 0 aliphatic rings. The van der Waals surface area contributed by atoms with Crippen molar-refractivity contribution in [2.24, 2.45) is 5.92 Å². The minimum absolute atomic E-state index is 0.125. The van der Waals surface area contributed by atoms with E-state index in [1.807, 2.05) is 44.2 Å². The Kier molecular flexibility index (Phi) is 12.5. The molecule has 0 spiro atoms. The predicted octanol–water partition coefficient (Wildman–Crippen LogP) is 1.21. The van der Waals surface area contributed by atoms with E-state index >= 15 is 0 Å². The lowest BCUT2D eigenvalue weighted by molar-refractivity contribution is -0.132. The molecule has 0 saturated carbocycles. The van der Waals surface area contributed by atoms with Gasteiger partial charge >= 0.3 is 0 Å². The van der Waals surface area contributed by atoms with Crippen LogP contribution in [0.25, 0.3) is 0 Å². The zero-order valence-electron chi connectivity index (χ0n) is 19.3. The van der Waals surface area contributed by atoms with Crippen molar-refractivity contribution in [3.8, 4) is 0 Å². The van der Waals surface area contributed by atoms with Crippen molar-refractivity contribution < 1.29 is 19.2 Å². The number of benzene rings is 1. The number of likely N-dealkylation sites (N-methyl/N-ethyl adjacent to an activating group) is 1. The van der Waals surface area contributed by atoms with Crippen LogP contribution >= 0.6 is 12.6 Å². The lowest BCUT2D eigenvalue weighted by atomic mass is 10.0. The molecule has 0 aliphatic heterocycles. The van der Waals surface area contributed by atoms with Crippen molar-refractivity contribution in [3.63, 3.8) is 0 Å². The number of hydrogen-bond acceptors (Lipinski definition) is 5. The third-order valence-corrected chi connectivity index (χ3v) is 5.33. The first-order chi connectivity index (χ1) is 15.1. The maximum absolute atomic E-state index is 13.0. The van der Waals surface area contributed by atoms with E-state index in [9.17, 15) is 19.2 Å². The summed E-state index contributed by atoms with van der Waals surface area (Å²) in [5, 5.41) is 10.2. The maximum Gasteiger partial charge on any atom is 0.243 e. The van der Waals surface area contributed by atoms with Gasteiger partial charge in [0.25, 0.3) is 0 Å². The fourth-order valence-corrected chi connectivity index (χ4v) is 3.42. The summed E-state index contributed by atoms with van der Waals surface area (Å²) in [6.07, 6.45) is 1.82. The average molecular weight is 465 g/mol. The van der Waals surface area contributed by atoms with E-state index < -0.39 is 23.2 Å². The predicted molar refractivity (Wildman–Crippen MR) is 128 cm³/mol. The zero-order chi connectivity index (χ0) is 24.1. The number of carbonyl (C=O) groups is 4. The first-order valence-electron chi connectivity index (χ1n) is 10.9. The molecule has 1 aromatic carbocycles. The molecular weight excluding hydrogens is 428 g/mol. The van der Waals surface area contributed by atoms with Gasteiger partial charge < -0.3 is 21.3 Å². The lowest BCUT2D eigenvalue weighted by Crippen LogP contribution is -2.55. The zero-order valence-corrected chi connectivity index (χ0v) is 20.2. The van der Waals surface area contributed by atoms with Crippen molar-refractivity contribution in [3.05, 3.63) is 35.9 Å². The molecule has 0 radical (unpaired) electrons. The van der Waals surface area contributed by atoms with Crippen LogP contribution in [0, 0.1) is 5.92 Å². The van der Waals surface area contributed by atoms with E-state index in [0.717, 1.165) is 5.56 Å². The summed E-state index contributed by atoms with van der Waals surface area (Å²) >= 11 is 4.35. The van der Waals surface area contributed by atoms with Crippen molar-refractivity contribution in [2.75, 3.05) is 13.6 Å². The Labute approximate surface area is 196 Å². The molecule has 0 aliphatic carbocycles. The third kappa shape index (κ3) is 10.7. The molecule has 1 aromatic rings. The first kappa shape index (κ1) is 27.5. The summed E-state index contributed by atoms with van der Waals surface area (Å²) in [5.41, 5.74) is 0.917. The van der Waals surface area contributed by atoms with Crippen LogP contribution in [-0.2, 0) is 25.6 Å². The Hall–Kier alpha value is -2.55. The molecule has 2 unspecified atom stereocenters. The van der Waals surface area contributed by atoms with E-state index in [4.69, 9.17) is 0 Å². The van der Waals surface area contributed by atoms with Gasteiger partial charge in [0.05, 0.1) is 5.25 Å². The quantitative estimate of drug-likeness (QED) is 0.223. The molecule has 8 nitrogen and oxygen atoms in total. The summed E-state index contributed by atoms with van der Waals surface area (Å²) in [6, 6.07) is 7.87. The van der Waals surface area contributed by atoms with Crippen LogP contribution in [0.4, 0.5) is 0 Å². The first-order valence-corrected chi connectivity index (χ1v) is 11.4. The van der Waals surface area contributed by atoms with Crippen LogP contribution in [0.2, 0.25) is 0 Å². The molecule has 4 amide bonds.